The van der Waals surface area contributed by atoms with E-state index in [0.717, 1.165) is 38.7 Å². The van der Waals surface area contributed by atoms with Crippen molar-refractivity contribution in [3.8, 4) is 0 Å². The lowest BCUT2D eigenvalue weighted by atomic mass is 9.90. The summed E-state index contributed by atoms with van der Waals surface area (Å²) in [6.45, 7) is 0.959. The minimum Gasteiger partial charge on any atom is -0.469 e. The molecule has 0 amide bonds. The third-order valence-corrected chi connectivity index (χ3v) is 5.73. The molecule has 1 aliphatic heterocycles. The molecule has 0 radical (unpaired) electrons. The van der Waals surface area contributed by atoms with Crippen molar-refractivity contribution in [2.75, 3.05) is 20.3 Å². The van der Waals surface area contributed by atoms with E-state index in [0.29, 0.717) is 24.7 Å². The lowest BCUT2D eigenvalue weighted by Gasteiger charge is -2.29. The van der Waals surface area contributed by atoms with E-state index in [1.807, 2.05) is 6.08 Å². The van der Waals surface area contributed by atoms with Crippen molar-refractivity contribution in [3.63, 3.8) is 0 Å². The average Bonchev–Trinajstić information content (AvgIpc) is 3.16. The number of rotatable bonds is 7. The Labute approximate surface area is 150 Å². The van der Waals surface area contributed by atoms with Crippen molar-refractivity contribution in [1.29, 1.82) is 0 Å². The molecule has 1 saturated carbocycles. The van der Waals surface area contributed by atoms with Gasteiger partial charge in [-0.1, -0.05) is 23.8 Å². The maximum absolute atomic E-state index is 11.1. The molecule has 1 unspecified atom stereocenters. The van der Waals surface area contributed by atoms with E-state index in [2.05, 4.69) is 16.9 Å². The third-order valence-electron chi connectivity index (χ3n) is 5.73. The van der Waals surface area contributed by atoms with Gasteiger partial charge in [0.05, 0.1) is 13.2 Å². The van der Waals surface area contributed by atoms with E-state index < -0.39 is 0 Å². The van der Waals surface area contributed by atoms with Gasteiger partial charge in [-0.15, -0.1) is 0 Å². The summed E-state index contributed by atoms with van der Waals surface area (Å²) in [6, 6.07) is 0. The highest BCUT2D eigenvalue weighted by Gasteiger charge is 2.46. The molecular weight excluding hydrogens is 320 g/mol. The molecule has 5 heteroatoms. The van der Waals surface area contributed by atoms with Crippen LogP contribution in [0.3, 0.4) is 0 Å². The fourth-order valence-corrected chi connectivity index (χ4v) is 4.41. The number of esters is 1. The number of fused-ring (bicyclic) bond motifs is 1. The van der Waals surface area contributed by atoms with E-state index in [-0.39, 0.29) is 30.9 Å². The first-order chi connectivity index (χ1) is 12.2. The Kier molecular flexibility index (Phi) is 6.68. The Balaban J connectivity index is 1.51. The lowest BCUT2D eigenvalue weighted by molar-refractivity contribution is -0.198. The van der Waals surface area contributed by atoms with Gasteiger partial charge < -0.3 is 19.3 Å². The van der Waals surface area contributed by atoms with E-state index >= 15 is 0 Å². The molecule has 140 valence electrons. The van der Waals surface area contributed by atoms with Crippen LogP contribution in [-0.4, -0.2) is 43.8 Å². The molecule has 5 atom stereocenters. The number of methoxy groups -OCH3 is 1. The van der Waals surface area contributed by atoms with Gasteiger partial charge in [0.25, 0.3) is 0 Å². The number of ether oxygens (including phenoxy) is 3. The zero-order chi connectivity index (χ0) is 17.6. The predicted molar refractivity (Wildman–Crippen MR) is 93.7 cm³/mol. The molecule has 2 fully saturated rings. The Morgan fingerprint density at radius 2 is 2.32 bits per heavy atom. The first-order valence-corrected chi connectivity index (χ1v) is 9.53. The van der Waals surface area contributed by atoms with Crippen LogP contribution >= 0.6 is 0 Å². The van der Waals surface area contributed by atoms with Crippen LogP contribution in [0.5, 0.6) is 0 Å². The standard InChI is InChI=1S/C20H30O5/c1-23-19(22)7-3-2-6-14-10-15-12-18(17(13-21)16(15)11-14)25-20-8-4-5-9-24-20/h2,6,10,15-18,20-21H,3-5,7-9,11-13H2,1H3/b6-2-/t15-,16-,17+,18+,20?/m0/s1. The summed E-state index contributed by atoms with van der Waals surface area (Å²) < 4.78 is 16.5. The number of carbonyl (C=O) groups is 1. The normalized spacial score (nSPS) is 35.0. The summed E-state index contributed by atoms with van der Waals surface area (Å²) >= 11 is 0. The van der Waals surface area contributed by atoms with Crippen molar-refractivity contribution in [3.05, 3.63) is 23.8 Å². The quantitative estimate of drug-likeness (QED) is 0.715. The van der Waals surface area contributed by atoms with Crippen LogP contribution in [0.4, 0.5) is 0 Å². The van der Waals surface area contributed by atoms with Crippen molar-refractivity contribution < 1.29 is 24.1 Å². The Bertz CT molecular complexity index is 506. The summed E-state index contributed by atoms with van der Waals surface area (Å²) in [5.41, 5.74) is 1.31. The molecule has 2 aliphatic carbocycles. The van der Waals surface area contributed by atoms with E-state index in [4.69, 9.17) is 9.47 Å². The number of aliphatic hydroxyl groups is 1. The molecule has 3 rings (SSSR count). The highest BCUT2D eigenvalue weighted by atomic mass is 16.7. The molecule has 0 aromatic heterocycles. The summed E-state index contributed by atoms with van der Waals surface area (Å²) in [7, 11) is 1.42. The van der Waals surface area contributed by atoms with Crippen LogP contribution < -0.4 is 0 Å². The molecule has 0 aromatic carbocycles. The number of allylic oxidation sites excluding steroid dienone is 4. The van der Waals surface area contributed by atoms with Gasteiger partial charge >= 0.3 is 5.97 Å². The van der Waals surface area contributed by atoms with Gasteiger partial charge in [-0.25, -0.2) is 0 Å². The minimum atomic E-state index is -0.174. The topological polar surface area (TPSA) is 65.0 Å². The third kappa shape index (κ3) is 4.72. The van der Waals surface area contributed by atoms with Gasteiger partial charge in [0.15, 0.2) is 6.29 Å². The van der Waals surface area contributed by atoms with Crippen molar-refractivity contribution in [1.82, 2.24) is 0 Å². The molecule has 1 N–H and O–H groups in total. The predicted octanol–water partition coefficient (Wildman–Crippen LogP) is 2.98. The van der Waals surface area contributed by atoms with Gasteiger partial charge in [0.2, 0.25) is 0 Å². The summed E-state index contributed by atoms with van der Waals surface area (Å²) in [6.07, 6.45) is 12.8. The fraction of sp³-hybridized carbons (Fsp3) is 0.750. The second-order valence-electron chi connectivity index (χ2n) is 7.34. The number of hydrogen-bond acceptors (Lipinski definition) is 5. The second kappa shape index (κ2) is 8.97. The van der Waals surface area contributed by atoms with Gasteiger partial charge in [-0.2, -0.15) is 0 Å². The zero-order valence-corrected chi connectivity index (χ0v) is 15.1. The molecule has 3 aliphatic rings. The lowest BCUT2D eigenvalue weighted by Crippen LogP contribution is -2.32. The van der Waals surface area contributed by atoms with Crippen LogP contribution in [0, 0.1) is 17.8 Å². The molecule has 0 aromatic rings. The monoisotopic (exact) mass is 350 g/mol. The van der Waals surface area contributed by atoms with E-state index in [9.17, 15) is 9.90 Å². The van der Waals surface area contributed by atoms with Gasteiger partial charge in [-0.05, 0) is 50.4 Å². The Hall–Kier alpha value is -1.17. The summed E-state index contributed by atoms with van der Waals surface area (Å²) in [5.74, 6) is 0.949. The Morgan fingerprint density at radius 1 is 1.44 bits per heavy atom. The summed E-state index contributed by atoms with van der Waals surface area (Å²) in [5, 5.41) is 9.89. The SMILES string of the molecule is COC(=O)CC/C=C\C1=C[C@H]2C[C@@H](OC3CCCCO3)[C@H](CO)[C@H]2C1. The van der Waals surface area contributed by atoms with E-state index in [1.165, 1.54) is 12.7 Å². The second-order valence-corrected chi connectivity index (χ2v) is 7.34. The zero-order valence-electron chi connectivity index (χ0n) is 15.1. The first-order valence-electron chi connectivity index (χ1n) is 9.53. The van der Waals surface area contributed by atoms with Crippen molar-refractivity contribution in [2.24, 2.45) is 17.8 Å². The van der Waals surface area contributed by atoms with Crippen LogP contribution in [0.1, 0.15) is 44.9 Å². The minimum absolute atomic E-state index is 0.0895. The fourth-order valence-electron chi connectivity index (χ4n) is 4.41. The summed E-state index contributed by atoms with van der Waals surface area (Å²) in [4.78, 5) is 11.1. The first kappa shape index (κ1) is 18.6. The van der Waals surface area contributed by atoms with E-state index in [1.54, 1.807) is 0 Å². The molecular formula is C20H30O5. The number of aliphatic hydroxyl groups excluding tert-OH is 1. The van der Waals surface area contributed by atoms with Crippen LogP contribution in [-0.2, 0) is 19.0 Å². The van der Waals surface area contributed by atoms with Crippen LogP contribution in [0.25, 0.3) is 0 Å². The number of hydrogen-bond donors (Lipinski definition) is 1. The van der Waals surface area contributed by atoms with Crippen LogP contribution in [0.15, 0.2) is 23.8 Å². The molecule has 25 heavy (non-hydrogen) atoms. The largest absolute Gasteiger partial charge is 0.469 e. The van der Waals surface area contributed by atoms with Gasteiger partial charge in [0, 0.05) is 25.6 Å². The maximum Gasteiger partial charge on any atom is 0.305 e. The Morgan fingerprint density at radius 3 is 3.04 bits per heavy atom. The highest BCUT2D eigenvalue weighted by molar-refractivity contribution is 5.69. The maximum atomic E-state index is 11.1. The average molecular weight is 350 g/mol. The molecule has 1 saturated heterocycles. The van der Waals surface area contributed by atoms with Crippen molar-refractivity contribution >= 4 is 5.97 Å². The number of carbonyl (C=O) groups excluding carboxylic acids is 1. The van der Waals surface area contributed by atoms with Crippen LogP contribution in [0.2, 0.25) is 0 Å². The highest BCUT2D eigenvalue weighted by Crippen LogP contribution is 2.48. The smallest absolute Gasteiger partial charge is 0.305 e. The van der Waals surface area contributed by atoms with Gasteiger partial charge in [0.1, 0.15) is 0 Å². The molecule has 0 spiro atoms. The van der Waals surface area contributed by atoms with Crippen molar-refractivity contribution in [2.45, 2.75) is 57.3 Å². The molecule has 5 nitrogen and oxygen atoms in total. The molecule has 0 bridgehead atoms. The molecule has 1 heterocycles. The van der Waals surface area contributed by atoms with Gasteiger partial charge in [-0.3, -0.25) is 4.79 Å².